The van der Waals surface area contributed by atoms with Gasteiger partial charge in [-0.3, -0.25) is 0 Å². The Kier molecular flexibility index (Phi) is 5.47. The molecule has 0 bridgehead atoms. The number of rotatable bonds is 5. The van der Waals surface area contributed by atoms with Crippen molar-refractivity contribution in [1.29, 1.82) is 5.26 Å². The molecule has 174 valence electrons. The van der Waals surface area contributed by atoms with E-state index in [2.05, 4.69) is 63.0 Å². The van der Waals surface area contributed by atoms with Crippen LogP contribution >= 0.6 is 0 Å². The first-order valence-electron chi connectivity index (χ1n) is 11.7. The number of benzene rings is 1. The van der Waals surface area contributed by atoms with Gasteiger partial charge in [-0.05, 0) is 54.2 Å². The monoisotopic (exact) mass is 455 g/mol. The quantitative estimate of drug-likeness (QED) is 0.453. The van der Waals surface area contributed by atoms with E-state index in [1.165, 1.54) is 17.3 Å². The summed E-state index contributed by atoms with van der Waals surface area (Å²) in [4.78, 5) is 13.5. The minimum atomic E-state index is -0.903. The number of nitriles is 1. The van der Waals surface area contributed by atoms with E-state index in [1.807, 2.05) is 25.1 Å². The van der Waals surface area contributed by atoms with Crippen molar-refractivity contribution < 1.29 is 5.11 Å². The molecular formula is C26H29N7O. The Labute approximate surface area is 199 Å². The Morgan fingerprint density at radius 1 is 1.15 bits per heavy atom. The summed E-state index contributed by atoms with van der Waals surface area (Å²) >= 11 is 0. The van der Waals surface area contributed by atoms with Crippen LogP contribution in [-0.4, -0.2) is 26.6 Å². The van der Waals surface area contributed by atoms with Crippen LogP contribution in [0, 0.1) is 11.3 Å². The van der Waals surface area contributed by atoms with E-state index in [1.54, 1.807) is 0 Å². The average molecular weight is 456 g/mol. The summed E-state index contributed by atoms with van der Waals surface area (Å²) in [6, 6.07) is 12.3. The minimum absolute atomic E-state index is 0.0843. The third-order valence-electron chi connectivity index (χ3n) is 6.94. The van der Waals surface area contributed by atoms with Crippen molar-refractivity contribution in [3.05, 3.63) is 64.5 Å². The van der Waals surface area contributed by atoms with Gasteiger partial charge >= 0.3 is 0 Å². The second kappa shape index (κ2) is 8.35. The van der Waals surface area contributed by atoms with E-state index < -0.39 is 5.60 Å². The lowest BCUT2D eigenvalue weighted by molar-refractivity contribution is 0.0307. The molecule has 0 saturated carbocycles. The number of hydrogen-bond acceptors (Lipinski definition) is 8. The van der Waals surface area contributed by atoms with E-state index in [4.69, 9.17) is 0 Å². The summed E-state index contributed by atoms with van der Waals surface area (Å²) in [6.45, 7) is 8.21. The van der Waals surface area contributed by atoms with Crippen molar-refractivity contribution in [2.75, 3.05) is 17.2 Å². The summed E-state index contributed by atoms with van der Waals surface area (Å²) in [7, 11) is 0. The first-order chi connectivity index (χ1) is 16.3. The number of aliphatic hydroxyl groups is 1. The fourth-order valence-corrected chi connectivity index (χ4v) is 4.92. The van der Waals surface area contributed by atoms with Crippen LogP contribution in [0.5, 0.6) is 0 Å². The molecular weight excluding hydrogens is 426 g/mol. The van der Waals surface area contributed by atoms with Crippen molar-refractivity contribution in [3.8, 4) is 6.07 Å². The molecule has 0 saturated heterocycles. The number of aryl methyl sites for hydroxylation is 1. The third kappa shape index (κ3) is 3.98. The van der Waals surface area contributed by atoms with Gasteiger partial charge in [0, 0.05) is 24.2 Å². The van der Waals surface area contributed by atoms with Gasteiger partial charge in [-0.25, -0.2) is 9.97 Å². The average Bonchev–Trinajstić information content (AvgIpc) is 3.16. The maximum atomic E-state index is 10.9. The summed E-state index contributed by atoms with van der Waals surface area (Å²) in [5.41, 5.74) is 4.74. The summed E-state index contributed by atoms with van der Waals surface area (Å²) in [5.74, 6) is 1.29. The van der Waals surface area contributed by atoms with Gasteiger partial charge in [0.25, 0.3) is 0 Å². The molecule has 34 heavy (non-hydrogen) atoms. The highest BCUT2D eigenvalue weighted by Crippen LogP contribution is 2.39. The van der Waals surface area contributed by atoms with Crippen LogP contribution in [0.3, 0.4) is 0 Å². The highest BCUT2D eigenvalue weighted by Gasteiger charge is 2.36. The predicted octanol–water partition coefficient (Wildman–Crippen LogP) is 4.16. The zero-order valence-corrected chi connectivity index (χ0v) is 19.7. The molecule has 1 atom stereocenters. The lowest BCUT2D eigenvalue weighted by Crippen LogP contribution is -2.38. The zero-order chi connectivity index (χ0) is 23.9. The standard InChI is InChI=1S/C26H29N7O/c1-4-26(34)10-9-16-5-8-21(31-22(16)26)32-23-18(12-27)14-29-24(33-23)30-19-6-7-20-17(11-19)13-28-15-25(20,2)3/h5-8,11,14,28,34H,4,9-10,13,15H2,1-3H3,(H2,29,30,31,32,33). The number of aromatic nitrogens is 3. The zero-order valence-electron chi connectivity index (χ0n) is 19.7. The number of nitrogens with one attached hydrogen (secondary N) is 3. The van der Waals surface area contributed by atoms with E-state index in [0.717, 1.165) is 30.8 Å². The smallest absolute Gasteiger partial charge is 0.229 e. The molecule has 2 aromatic heterocycles. The van der Waals surface area contributed by atoms with Crippen molar-refractivity contribution >= 4 is 23.3 Å². The minimum Gasteiger partial charge on any atom is -0.384 e. The summed E-state index contributed by atoms with van der Waals surface area (Å²) in [5, 5.41) is 30.4. The Hall–Kier alpha value is -3.54. The van der Waals surface area contributed by atoms with Crippen LogP contribution in [0.15, 0.2) is 36.5 Å². The van der Waals surface area contributed by atoms with Gasteiger partial charge in [0.15, 0.2) is 5.82 Å². The molecule has 1 unspecified atom stereocenters. The molecule has 4 N–H and O–H groups in total. The van der Waals surface area contributed by atoms with Gasteiger partial charge < -0.3 is 21.1 Å². The lowest BCUT2D eigenvalue weighted by Gasteiger charge is -2.33. The maximum absolute atomic E-state index is 10.9. The van der Waals surface area contributed by atoms with Crippen molar-refractivity contribution in [2.24, 2.45) is 0 Å². The molecule has 1 aromatic carbocycles. The second-order valence-corrected chi connectivity index (χ2v) is 9.77. The normalized spacial score (nSPS) is 20.2. The Morgan fingerprint density at radius 3 is 2.79 bits per heavy atom. The lowest BCUT2D eigenvalue weighted by atomic mass is 9.79. The molecule has 3 heterocycles. The van der Waals surface area contributed by atoms with Gasteiger partial charge in [0.1, 0.15) is 23.1 Å². The Bertz CT molecular complexity index is 1300. The molecule has 3 aromatic rings. The molecule has 0 fully saturated rings. The number of pyridine rings is 1. The SMILES string of the molecule is CCC1(O)CCc2ccc(Nc3nc(Nc4ccc5c(c4)CNCC5(C)C)ncc3C#N)nc21. The highest BCUT2D eigenvalue weighted by atomic mass is 16.3. The first kappa shape index (κ1) is 22.3. The predicted molar refractivity (Wildman–Crippen MR) is 131 cm³/mol. The summed E-state index contributed by atoms with van der Waals surface area (Å²) in [6.07, 6.45) is 3.59. The highest BCUT2D eigenvalue weighted by molar-refractivity contribution is 5.64. The Balaban J connectivity index is 1.41. The Morgan fingerprint density at radius 2 is 2.00 bits per heavy atom. The summed E-state index contributed by atoms with van der Waals surface area (Å²) < 4.78 is 0. The topological polar surface area (TPSA) is 119 Å². The van der Waals surface area contributed by atoms with Crippen molar-refractivity contribution in [2.45, 2.75) is 57.6 Å². The van der Waals surface area contributed by atoms with Gasteiger partial charge in [0.2, 0.25) is 5.95 Å². The van der Waals surface area contributed by atoms with E-state index >= 15 is 0 Å². The van der Waals surface area contributed by atoms with Crippen LogP contribution in [0.2, 0.25) is 0 Å². The molecule has 1 aliphatic carbocycles. The van der Waals surface area contributed by atoms with Gasteiger partial charge in [-0.15, -0.1) is 0 Å². The molecule has 0 spiro atoms. The molecule has 0 radical (unpaired) electrons. The fourth-order valence-electron chi connectivity index (χ4n) is 4.92. The van der Waals surface area contributed by atoms with Crippen LogP contribution < -0.4 is 16.0 Å². The van der Waals surface area contributed by atoms with Crippen molar-refractivity contribution in [3.63, 3.8) is 0 Å². The molecule has 8 nitrogen and oxygen atoms in total. The molecule has 2 aliphatic rings. The number of nitrogens with zero attached hydrogens (tertiary/aromatic N) is 4. The van der Waals surface area contributed by atoms with E-state index in [9.17, 15) is 10.4 Å². The molecule has 5 rings (SSSR count). The van der Waals surface area contributed by atoms with Crippen molar-refractivity contribution in [1.82, 2.24) is 20.3 Å². The molecule has 1 aliphatic heterocycles. The number of fused-ring (bicyclic) bond motifs is 2. The van der Waals surface area contributed by atoms with E-state index in [-0.39, 0.29) is 5.41 Å². The van der Waals surface area contributed by atoms with Crippen LogP contribution in [0.25, 0.3) is 0 Å². The number of anilines is 4. The van der Waals surface area contributed by atoms with Gasteiger partial charge in [-0.2, -0.15) is 10.2 Å². The fraction of sp³-hybridized carbons (Fsp3) is 0.385. The van der Waals surface area contributed by atoms with Crippen LogP contribution in [-0.2, 0) is 24.0 Å². The maximum Gasteiger partial charge on any atom is 0.229 e. The van der Waals surface area contributed by atoms with Crippen LogP contribution in [0.4, 0.5) is 23.3 Å². The largest absolute Gasteiger partial charge is 0.384 e. The second-order valence-electron chi connectivity index (χ2n) is 9.77. The molecule has 8 heteroatoms. The number of hydrogen-bond donors (Lipinski definition) is 4. The molecule has 0 amide bonds. The third-order valence-corrected chi connectivity index (χ3v) is 6.94. The van der Waals surface area contributed by atoms with Gasteiger partial charge in [0.05, 0.1) is 11.9 Å². The van der Waals surface area contributed by atoms with Gasteiger partial charge in [-0.1, -0.05) is 32.9 Å². The van der Waals surface area contributed by atoms with E-state index in [0.29, 0.717) is 41.7 Å². The van der Waals surface area contributed by atoms with Crippen LogP contribution in [0.1, 0.15) is 61.6 Å². The first-order valence-corrected chi connectivity index (χ1v) is 11.7.